The van der Waals surface area contributed by atoms with E-state index in [2.05, 4.69) is 27.9 Å². The highest BCUT2D eigenvalue weighted by molar-refractivity contribution is 9.10. The largest absolute Gasteiger partial charge is 0.115 e. The molecule has 0 aliphatic rings. The van der Waals surface area contributed by atoms with Gasteiger partial charge in [0.2, 0.25) is 0 Å². The van der Waals surface area contributed by atoms with Crippen LogP contribution in [0.2, 0.25) is 0 Å². The van der Waals surface area contributed by atoms with E-state index in [-0.39, 0.29) is 0 Å². The van der Waals surface area contributed by atoms with Crippen LogP contribution in [-0.2, 0) is 0 Å². The topological polar surface area (TPSA) is 0 Å². The van der Waals surface area contributed by atoms with Gasteiger partial charge in [-0.2, -0.15) is 0 Å². The van der Waals surface area contributed by atoms with Gasteiger partial charge in [0, 0.05) is 10.0 Å². The van der Waals surface area contributed by atoms with Crippen LogP contribution in [-0.4, -0.2) is 0 Å². The average Bonchev–Trinajstić information content (AvgIpc) is 2.33. The van der Waals surface area contributed by atoms with Gasteiger partial charge in [-0.25, -0.2) is 0 Å². The Morgan fingerprint density at radius 2 is 1.60 bits per heavy atom. The maximum absolute atomic E-state index is 5.40. The number of hydrogen-bond acceptors (Lipinski definition) is 0. The fourth-order valence-electron chi connectivity index (χ4n) is 1.39. The van der Waals surface area contributed by atoms with Crippen molar-refractivity contribution in [3.05, 3.63) is 46.4 Å². The maximum atomic E-state index is 5.40. The summed E-state index contributed by atoms with van der Waals surface area (Å²) in [6.07, 6.45) is 5.40. The lowest BCUT2D eigenvalue weighted by Gasteiger charge is -2.02. The lowest BCUT2D eigenvalue weighted by molar-refractivity contribution is 1.50. The van der Waals surface area contributed by atoms with Crippen LogP contribution in [0.3, 0.4) is 0 Å². The van der Waals surface area contributed by atoms with Gasteiger partial charge in [-0.05, 0) is 22.9 Å². The van der Waals surface area contributed by atoms with E-state index >= 15 is 0 Å². The maximum Gasteiger partial charge on any atom is 0.0321 e. The molecule has 0 saturated carbocycles. The number of benzene rings is 2. The van der Waals surface area contributed by atoms with Crippen LogP contribution in [0.15, 0.2) is 40.9 Å². The Balaban J connectivity index is 0.000000531. The summed E-state index contributed by atoms with van der Waals surface area (Å²) in [4.78, 5) is 0. The lowest BCUT2D eigenvalue weighted by atomic mass is 10.1. The molecule has 2 aromatic carbocycles. The minimum absolute atomic E-state index is 0.943. The summed E-state index contributed by atoms with van der Waals surface area (Å²) in [6, 6.07) is 12.0. The molecule has 0 N–H and O–H groups in total. The predicted octanol–water partition coefficient (Wildman–Crippen LogP) is 4.61. The van der Waals surface area contributed by atoms with Crippen LogP contribution < -0.4 is 0 Å². The minimum Gasteiger partial charge on any atom is -0.115 e. The lowest BCUT2D eigenvalue weighted by Crippen LogP contribution is -1.79. The first-order valence-electron chi connectivity index (χ1n) is 4.97. The SMILES string of the molecule is C#Cc1ccc(Br)c2ccccc12.CC. The Bertz CT molecular complexity index is 492. The van der Waals surface area contributed by atoms with Crippen LogP contribution in [0.25, 0.3) is 10.8 Å². The van der Waals surface area contributed by atoms with Crippen LogP contribution in [0, 0.1) is 12.3 Å². The van der Waals surface area contributed by atoms with Crippen molar-refractivity contribution in [2.75, 3.05) is 0 Å². The summed E-state index contributed by atoms with van der Waals surface area (Å²) in [5, 5.41) is 2.29. The summed E-state index contributed by atoms with van der Waals surface area (Å²) in [5.74, 6) is 2.68. The van der Waals surface area contributed by atoms with E-state index in [4.69, 9.17) is 6.42 Å². The summed E-state index contributed by atoms with van der Waals surface area (Å²) >= 11 is 3.49. The molecular formula is C14H13Br. The van der Waals surface area contributed by atoms with Gasteiger partial charge in [0.15, 0.2) is 0 Å². The minimum atomic E-state index is 0.943. The van der Waals surface area contributed by atoms with E-state index in [9.17, 15) is 0 Å². The molecule has 2 rings (SSSR count). The molecular weight excluding hydrogens is 248 g/mol. The summed E-state index contributed by atoms with van der Waals surface area (Å²) in [6.45, 7) is 4.00. The number of terminal acetylenes is 1. The molecule has 0 nitrogen and oxygen atoms in total. The molecule has 0 aromatic heterocycles. The number of rotatable bonds is 0. The third-order valence-corrected chi connectivity index (χ3v) is 2.72. The van der Waals surface area contributed by atoms with Gasteiger partial charge in [-0.3, -0.25) is 0 Å². The molecule has 0 amide bonds. The molecule has 0 bridgehead atoms. The first-order valence-corrected chi connectivity index (χ1v) is 5.76. The normalized spacial score (nSPS) is 8.93. The van der Waals surface area contributed by atoms with E-state index in [0.29, 0.717) is 0 Å². The first kappa shape index (κ1) is 11.8. The highest BCUT2D eigenvalue weighted by Crippen LogP contribution is 2.25. The fraction of sp³-hybridized carbons (Fsp3) is 0.143. The van der Waals surface area contributed by atoms with Crippen LogP contribution >= 0.6 is 15.9 Å². The molecule has 1 heteroatoms. The standard InChI is InChI=1S/C12H7Br.C2H6/c1-2-9-7-8-12(13)11-6-4-3-5-10(9)11;1-2/h1,3-8H;1-2H3. The summed E-state index contributed by atoms with van der Waals surface area (Å²) in [7, 11) is 0. The predicted molar refractivity (Wildman–Crippen MR) is 70.9 cm³/mol. The highest BCUT2D eigenvalue weighted by Gasteiger charge is 2.00. The second-order valence-electron chi connectivity index (χ2n) is 2.78. The molecule has 0 spiro atoms. The first-order chi connectivity index (χ1) is 7.33. The Morgan fingerprint density at radius 1 is 1.00 bits per heavy atom. The molecule has 0 unspecified atom stereocenters. The van der Waals surface area contributed by atoms with Gasteiger partial charge >= 0.3 is 0 Å². The molecule has 0 fully saturated rings. The molecule has 0 heterocycles. The fourth-order valence-corrected chi connectivity index (χ4v) is 1.87. The third kappa shape index (κ3) is 2.40. The summed E-state index contributed by atoms with van der Waals surface area (Å²) in [5.41, 5.74) is 0.943. The smallest absolute Gasteiger partial charge is 0.0321 e. The highest BCUT2D eigenvalue weighted by atomic mass is 79.9. The Morgan fingerprint density at radius 3 is 2.20 bits per heavy atom. The van der Waals surface area contributed by atoms with E-state index in [1.807, 2.05) is 44.2 Å². The second kappa shape index (κ2) is 5.58. The van der Waals surface area contributed by atoms with Gasteiger partial charge in [0.1, 0.15) is 0 Å². The number of halogens is 1. The molecule has 0 aliphatic carbocycles. The molecule has 0 saturated heterocycles. The van der Waals surface area contributed by atoms with Crippen molar-refractivity contribution < 1.29 is 0 Å². The quantitative estimate of drug-likeness (QED) is 0.607. The van der Waals surface area contributed by atoms with E-state index in [0.717, 1.165) is 20.8 Å². The Labute approximate surface area is 99.4 Å². The number of fused-ring (bicyclic) bond motifs is 1. The third-order valence-electron chi connectivity index (χ3n) is 2.03. The van der Waals surface area contributed by atoms with Crippen molar-refractivity contribution in [3.63, 3.8) is 0 Å². The van der Waals surface area contributed by atoms with Gasteiger partial charge in [-0.15, -0.1) is 6.42 Å². The zero-order chi connectivity index (χ0) is 11.3. The van der Waals surface area contributed by atoms with Crippen LogP contribution in [0.1, 0.15) is 19.4 Å². The zero-order valence-corrected chi connectivity index (χ0v) is 10.5. The van der Waals surface area contributed by atoms with Gasteiger partial charge in [0.25, 0.3) is 0 Å². The Hall–Kier alpha value is -1.26. The van der Waals surface area contributed by atoms with Crippen molar-refractivity contribution in [3.8, 4) is 12.3 Å². The van der Waals surface area contributed by atoms with Gasteiger partial charge in [-0.1, -0.05) is 60.0 Å². The average molecular weight is 261 g/mol. The van der Waals surface area contributed by atoms with E-state index < -0.39 is 0 Å². The Kier molecular flexibility index (Phi) is 4.39. The summed E-state index contributed by atoms with van der Waals surface area (Å²) < 4.78 is 1.09. The van der Waals surface area contributed by atoms with E-state index in [1.54, 1.807) is 0 Å². The van der Waals surface area contributed by atoms with Gasteiger partial charge in [0.05, 0.1) is 0 Å². The van der Waals surface area contributed by atoms with Crippen molar-refractivity contribution >= 4 is 26.7 Å². The van der Waals surface area contributed by atoms with Crippen molar-refractivity contribution in [1.82, 2.24) is 0 Å². The molecule has 0 aliphatic heterocycles. The van der Waals surface area contributed by atoms with Gasteiger partial charge < -0.3 is 0 Å². The van der Waals surface area contributed by atoms with Crippen LogP contribution in [0.4, 0.5) is 0 Å². The van der Waals surface area contributed by atoms with Crippen molar-refractivity contribution in [2.45, 2.75) is 13.8 Å². The monoisotopic (exact) mass is 260 g/mol. The molecule has 0 radical (unpaired) electrons. The molecule has 15 heavy (non-hydrogen) atoms. The van der Waals surface area contributed by atoms with Crippen molar-refractivity contribution in [2.24, 2.45) is 0 Å². The zero-order valence-electron chi connectivity index (χ0n) is 8.92. The number of hydrogen-bond donors (Lipinski definition) is 0. The van der Waals surface area contributed by atoms with E-state index in [1.165, 1.54) is 0 Å². The molecule has 76 valence electrons. The van der Waals surface area contributed by atoms with Crippen LogP contribution in [0.5, 0.6) is 0 Å². The van der Waals surface area contributed by atoms with Crippen molar-refractivity contribution in [1.29, 1.82) is 0 Å². The molecule has 2 aromatic rings. The second-order valence-corrected chi connectivity index (χ2v) is 3.64. The molecule has 0 atom stereocenters.